The van der Waals surface area contributed by atoms with Gasteiger partial charge in [-0.15, -0.1) is 0 Å². The smallest absolute Gasteiger partial charge is 0.0974 e. The third-order valence-corrected chi connectivity index (χ3v) is 4.27. The third-order valence-electron chi connectivity index (χ3n) is 4.27. The van der Waals surface area contributed by atoms with Crippen molar-refractivity contribution in [3.63, 3.8) is 0 Å². The second-order valence-electron chi connectivity index (χ2n) is 6.16. The summed E-state index contributed by atoms with van der Waals surface area (Å²) in [7, 11) is 0. The molecular weight excluding hydrogens is 280 g/mol. The number of aromatic nitrogens is 2. The highest BCUT2D eigenvalue weighted by Crippen LogP contribution is 2.32. The van der Waals surface area contributed by atoms with Crippen LogP contribution in [0.2, 0.25) is 0 Å². The second-order valence-corrected chi connectivity index (χ2v) is 6.16. The average molecular weight is 298 g/mol. The van der Waals surface area contributed by atoms with E-state index in [0.29, 0.717) is 0 Å². The highest BCUT2D eigenvalue weighted by Gasteiger charge is 2.10. The number of benzene rings is 2. The van der Waals surface area contributed by atoms with Crippen LogP contribution in [0.5, 0.6) is 0 Å². The van der Waals surface area contributed by atoms with Crippen molar-refractivity contribution in [2.75, 3.05) is 0 Å². The van der Waals surface area contributed by atoms with Gasteiger partial charge in [-0.05, 0) is 44.0 Å². The van der Waals surface area contributed by atoms with E-state index in [0.717, 1.165) is 33.2 Å². The maximum Gasteiger partial charge on any atom is 0.0974 e. The van der Waals surface area contributed by atoms with Gasteiger partial charge in [0.25, 0.3) is 0 Å². The van der Waals surface area contributed by atoms with Crippen LogP contribution >= 0.6 is 0 Å². The predicted octanol–water partition coefficient (Wildman–Crippen LogP) is 5.38. The SMILES string of the molecule is Cc1ccc(-c2cc(C)nc3c2ccc2ccc(C)nc23)cc1. The molecule has 0 saturated heterocycles. The summed E-state index contributed by atoms with van der Waals surface area (Å²) in [4.78, 5) is 9.52. The molecule has 0 N–H and O–H groups in total. The number of pyridine rings is 2. The van der Waals surface area contributed by atoms with Gasteiger partial charge in [0.2, 0.25) is 0 Å². The monoisotopic (exact) mass is 298 g/mol. The minimum Gasteiger partial charge on any atom is -0.251 e. The van der Waals surface area contributed by atoms with Crippen LogP contribution in [0, 0.1) is 20.8 Å². The molecule has 0 spiro atoms. The molecule has 2 nitrogen and oxygen atoms in total. The lowest BCUT2D eigenvalue weighted by Gasteiger charge is -2.11. The molecule has 0 atom stereocenters. The average Bonchev–Trinajstić information content (AvgIpc) is 2.55. The number of fused-ring (bicyclic) bond motifs is 3. The van der Waals surface area contributed by atoms with Crippen LogP contribution in [0.3, 0.4) is 0 Å². The van der Waals surface area contributed by atoms with Crippen molar-refractivity contribution < 1.29 is 0 Å². The minimum absolute atomic E-state index is 0.986. The molecular formula is C21H18N2. The van der Waals surface area contributed by atoms with Gasteiger partial charge in [-0.3, -0.25) is 9.97 Å². The lowest BCUT2D eigenvalue weighted by atomic mass is 9.98. The summed E-state index contributed by atoms with van der Waals surface area (Å²) in [5, 5.41) is 2.29. The van der Waals surface area contributed by atoms with Gasteiger partial charge in [-0.1, -0.05) is 48.0 Å². The molecule has 23 heavy (non-hydrogen) atoms. The molecule has 0 fully saturated rings. The fourth-order valence-corrected chi connectivity index (χ4v) is 3.07. The number of hydrogen-bond acceptors (Lipinski definition) is 2. The minimum atomic E-state index is 0.986. The third kappa shape index (κ3) is 2.36. The molecule has 0 unspecified atom stereocenters. The maximum absolute atomic E-state index is 4.79. The highest BCUT2D eigenvalue weighted by molar-refractivity contribution is 6.08. The summed E-state index contributed by atoms with van der Waals surface area (Å²) in [6.07, 6.45) is 0. The van der Waals surface area contributed by atoms with Gasteiger partial charge in [0, 0.05) is 22.2 Å². The van der Waals surface area contributed by atoms with Gasteiger partial charge >= 0.3 is 0 Å². The number of nitrogens with zero attached hydrogens (tertiary/aromatic N) is 2. The summed E-state index contributed by atoms with van der Waals surface area (Å²) >= 11 is 0. The van der Waals surface area contributed by atoms with Crippen molar-refractivity contribution >= 4 is 21.8 Å². The quantitative estimate of drug-likeness (QED) is 0.441. The lowest BCUT2D eigenvalue weighted by molar-refractivity contribution is 1.23. The van der Waals surface area contributed by atoms with Gasteiger partial charge in [-0.2, -0.15) is 0 Å². The lowest BCUT2D eigenvalue weighted by Crippen LogP contribution is -1.92. The molecule has 4 rings (SSSR count). The molecule has 2 heteroatoms. The topological polar surface area (TPSA) is 25.8 Å². The molecule has 0 aliphatic carbocycles. The molecule has 4 aromatic rings. The number of hydrogen-bond donors (Lipinski definition) is 0. The Kier molecular flexibility index (Phi) is 3.12. The Morgan fingerprint density at radius 3 is 2.13 bits per heavy atom. The van der Waals surface area contributed by atoms with Gasteiger partial charge in [-0.25, -0.2) is 0 Å². The molecule has 0 bridgehead atoms. The second kappa shape index (κ2) is 5.17. The zero-order chi connectivity index (χ0) is 16.0. The normalized spacial score (nSPS) is 11.3. The van der Waals surface area contributed by atoms with E-state index in [2.05, 4.69) is 55.5 Å². The standard InChI is InChI=1S/C21H18N2/c1-13-4-7-16(8-5-13)19-12-15(3)23-21-18(19)11-10-17-9-6-14(2)22-20(17)21/h4-12H,1-3H3. The van der Waals surface area contributed by atoms with Crippen LogP contribution in [0.1, 0.15) is 17.0 Å². The van der Waals surface area contributed by atoms with Gasteiger partial charge in [0.1, 0.15) is 0 Å². The predicted molar refractivity (Wildman–Crippen MR) is 96.7 cm³/mol. The van der Waals surface area contributed by atoms with Gasteiger partial charge < -0.3 is 0 Å². The van der Waals surface area contributed by atoms with E-state index in [1.54, 1.807) is 0 Å². The Hall–Kier alpha value is -2.74. The molecule has 0 amide bonds. The fraction of sp³-hybridized carbons (Fsp3) is 0.143. The Labute approximate surface area is 135 Å². The van der Waals surface area contributed by atoms with Crippen LogP contribution in [0.4, 0.5) is 0 Å². The first-order chi connectivity index (χ1) is 11.1. The van der Waals surface area contributed by atoms with E-state index in [9.17, 15) is 0 Å². The van der Waals surface area contributed by atoms with E-state index in [1.165, 1.54) is 16.7 Å². The Balaban J connectivity index is 2.11. The zero-order valence-corrected chi connectivity index (χ0v) is 13.6. The van der Waals surface area contributed by atoms with Crippen molar-refractivity contribution in [1.29, 1.82) is 0 Å². The Morgan fingerprint density at radius 2 is 1.35 bits per heavy atom. The summed E-state index contributed by atoms with van der Waals surface area (Å²) in [6.45, 7) is 6.18. The van der Waals surface area contributed by atoms with Crippen molar-refractivity contribution in [3.05, 3.63) is 71.5 Å². The highest BCUT2D eigenvalue weighted by atomic mass is 14.8. The number of aryl methyl sites for hydroxylation is 3. The van der Waals surface area contributed by atoms with E-state index < -0.39 is 0 Å². The molecule has 0 saturated carbocycles. The van der Waals surface area contributed by atoms with Crippen LogP contribution < -0.4 is 0 Å². The van der Waals surface area contributed by atoms with Crippen LogP contribution in [-0.2, 0) is 0 Å². The molecule has 0 aliphatic heterocycles. The van der Waals surface area contributed by atoms with Crippen LogP contribution in [0.25, 0.3) is 32.9 Å². The van der Waals surface area contributed by atoms with Gasteiger partial charge in [0.05, 0.1) is 11.0 Å². The first-order valence-electron chi connectivity index (χ1n) is 7.86. The van der Waals surface area contributed by atoms with Crippen LogP contribution in [-0.4, -0.2) is 9.97 Å². The summed E-state index contributed by atoms with van der Waals surface area (Å²) in [5.41, 5.74) is 7.72. The first-order valence-corrected chi connectivity index (χ1v) is 7.86. The van der Waals surface area contributed by atoms with Crippen LogP contribution in [0.15, 0.2) is 54.6 Å². The summed E-state index contributed by atoms with van der Waals surface area (Å²) < 4.78 is 0. The fourth-order valence-electron chi connectivity index (χ4n) is 3.07. The van der Waals surface area contributed by atoms with Crippen molar-refractivity contribution in [2.24, 2.45) is 0 Å². The van der Waals surface area contributed by atoms with E-state index in [4.69, 9.17) is 9.97 Å². The summed E-state index contributed by atoms with van der Waals surface area (Å²) in [5.74, 6) is 0. The molecule has 0 aliphatic rings. The van der Waals surface area contributed by atoms with Crippen molar-refractivity contribution in [3.8, 4) is 11.1 Å². The molecule has 0 radical (unpaired) electrons. The Bertz CT molecular complexity index is 1030. The molecule has 2 aromatic heterocycles. The maximum atomic E-state index is 4.79. The van der Waals surface area contributed by atoms with E-state index in [-0.39, 0.29) is 0 Å². The first kappa shape index (κ1) is 13.9. The largest absolute Gasteiger partial charge is 0.251 e. The van der Waals surface area contributed by atoms with Crippen molar-refractivity contribution in [1.82, 2.24) is 9.97 Å². The number of rotatable bonds is 1. The molecule has 112 valence electrons. The van der Waals surface area contributed by atoms with Gasteiger partial charge in [0.15, 0.2) is 0 Å². The zero-order valence-electron chi connectivity index (χ0n) is 13.6. The molecule has 2 heterocycles. The summed E-state index contributed by atoms with van der Waals surface area (Å²) in [6, 6.07) is 19.3. The van der Waals surface area contributed by atoms with E-state index >= 15 is 0 Å². The van der Waals surface area contributed by atoms with E-state index in [1.807, 2.05) is 19.9 Å². The molecule has 2 aromatic carbocycles. The van der Waals surface area contributed by atoms with Crippen molar-refractivity contribution in [2.45, 2.75) is 20.8 Å². The Morgan fingerprint density at radius 1 is 0.652 bits per heavy atom.